The number of aromatic nitrogens is 4. The minimum Gasteiger partial charge on any atom is -0.550 e. The normalized spacial score (nSPS) is 11.2. The minimum absolute atomic E-state index is 0.149. The topological polar surface area (TPSA) is 113 Å². The number of carbonyl (C=O) groups excluding carboxylic acids is 1. The van der Waals surface area contributed by atoms with Gasteiger partial charge in [-0.05, 0) is 24.1 Å². The zero-order valence-electron chi connectivity index (χ0n) is 13.7. The van der Waals surface area contributed by atoms with Crippen molar-refractivity contribution in [3.8, 4) is 0 Å². The largest absolute Gasteiger partial charge is 0.550 e. The Balaban J connectivity index is 2.11. The first-order chi connectivity index (χ1) is 12.4. The molecule has 0 aliphatic carbocycles. The average molecular weight is 394 g/mol. The van der Waals surface area contributed by atoms with Gasteiger partial charge in [0.1, 0.15) is 0 Å². The van der Waals surface area contributed by atoms with Crippen LogP contribution >= 0.6 is 23.4 Å². The predicted molar refractivity (Wildman–Crippen MR) is 96.5 cm³/mol. The lowest BCUT2D eigenvalue weighted by Gasteiger charge is -2.09. The molecule has 2 aromatic heterocycles. The van der Waals surface area contributed by atoms with Gasteiger partial charge in [-0.2, -0.15) is 0 Å². The number of carbonyl (C=O) groups is 1. The molecule has 8 nitrogen and oxygen atoms in total. The third kappa shape index (κ3) is 3.68. The number of aryl methyl sites for hydroxylation is 1. The Hall–Kier alpha value is -2.52. The van der Waals surface area contributed by atoms with Crippen LogP contribution in [0.2, 0.25) is 5.02 Å². The minimum atomic E-state index is -1.16. The molecule has 136 valence electrons. The van der Waals surface area contributed by atoms with Gasteiger partial charge in [-0.15, -0.1) is 0 Å². The van der Waals surface area contributed by atoms with Gasteiger partial charge in [-0.3, -0.25) is 14.3 Å². The molecule has 3 aromatic rings. The highest BCUT2D eigenvalue weighted by Gasteiger charge is 2.18. The Labute approximate surface area is 156 Å². The lowest BCUT2D eigenvalue weighted by molar-refractivity contribution is -0.305. The molecule has 0 aliphatic rings. The number of benzene rings is 1. The number of thioether (sulfide) groups is 1. The smallest absolute Gasteiger partial charge is 0.329 e. The van der Waals surface area contributed by atoms with Crippen LogP contribution in [0.25, 0.3) is 11.2 Å². The second kappa shape index (κ2) is 7.38. The molecule has 26 heavy (non-hydrogen) atoms. The van der Waals surface area contributed by atoms with Gasteiger partial charge >= 0.3 is 5.69 Å². The van der Waals surface area contributed by atoms with E-state index >= 15 is 0 Å². The van der Waals surface area contributed by atoms with E-state index in [-0.39, 0.29) is 23.3 Å². The van der Waals surface area contributed by atoms with Crippen LogP contribution in [0.3, 0.4) is 0 Å². The van der Waals surface area contributed by atoms with E-state index in [1.807, 2.05) is 12.1 Å². The monoisotopic (exact) mass is 393 g/mol. The van der Waals surface area contributed by atoms with Crippen molar-refractivity contribution in [3.05, 3.63) is 55.7 Å². The first-order valence-electron chi connectivity index (χ1n) is 7.63. The third-order valence-electron chi connectivity index (χ3n) is 3.76. The molecule has 3 rings (SSSR count). The summed E-state index contributed by atoms with van der Waals surface area (Å²) in [5, 5.41) is 11.7. The molecule has 0 unspecified atom stereocenters. The van der Waals surface area contributed by atoms with Crippen LogP contribution in [-0.4, -0.2) is 30.8 Å². The van der Waals surface area contributed by atoms with Gasteiger partial charge in [0.25, 0.3) is 5.56 Å². The standard InChI is InChI=1S/C16H15ClN4O4S/c1-20-13-12(14(24)19-15(20)25)21(8-9-2-4-10(17)5-3-9)16(18-13)26-7-6-11(22)23/h2-5H,6-8H2,1H3,(H,22,23)(H,19,24,25)/p-1. The van der Waals surface area contributed by atoms with Gasteiger partial charge < -0.3 is 14.5 Å². The summed E-state index contributed by atoms with van der Waals surface area (Å²) in [4.78, 5) is 41.5. The average Bonchev–Trinajstić information content (AvgIpc) is 2.94. The maximum atomic E-state index is 12.3. The van der Waals surface area contributed by atoms with Crippen molar-refractivity contribution in [2.75, 3.05) is 5.75 Å². The number of H-pyrrole nitrogens is 1. The zero-order chi connectivity index (χ0) is 18.8. The summed E-state index contributed by atoms with van der Waals surface area (Å²) < 4.78 is 2.91. The Bertz CT molecular complexity index is 1080. The highest BCUT2D eigenvalue weighted by molar-refractivity contribution is 7.99. The van der Waals surface area contributed by atoms with Crippen molar-refractivity contribution in [3.63, 3.8) is 0 Å². The maximum Gasteiger partial charge on any atom is 0.329 e. The van der Waals surface area contributed by atoms with E-state index in [0.717, 1.165) is 5.56 Å². The number of nitrogens with one attached hydrogen (secondary N) is 1. The molecule has 1 N–H and O–H groups in total. The van der Waals surface area contributed by atoms with Gasteiger partial charge in [0.15, 0.2) is 16.3 Å². The fourth-order valence-corrected chi connectivity index (χ4v) is 3.51. The molecule has 2 heterocycles. The summed E-state index contributed by atoms with van der Waals surface area (Å²) in [5.41, 5.74) is 0.256. The van der Waals surface area contributed by atoms with Crippen molar-refractivity contribution in [2.24, 2.45) is 7.05 Å². The summed E-state index contributed by atoms with van der Waals surface area (Å²) >= 11 is 7.09. The Morgan fingerprint density at radius 1 is 1.31 bits per heavy atom. The van der Waals surface area contributed by atoms with Crippen LogP contribution < -0.4 is 16.4 Å². The number of nitrogens with zero attached hydrogens (tertiary/aromatic N) is 3. The lowest BCUT2D eigenvalue weighted by Crippen LogP contribution is -2.29. The number of carboxylic acids is 1. The Kier molecular flexibility index (Phi) is 5.19. The van der Waals surface area contributed by atoms with E-state index in [0.29, 0.717) is 16.7 Å². The first kappa shape index (κ1) is 18.3. The molecule has 10 heteroatoms. The Morgan fingerprint density at radius 2 is 2.00 bits per heavy atom. The van der Waals surface area contributed by atoms with Crippen LogP contribution in [0.1, 0.15) is 12.0 Å². The number of imidazole rings is 1. The number of halogens is 1. The highest BCUT2D eigenvalue weighted by atomic mass is 35.5. The summed E-state index contributed by atoms with van der Waals surface area (Å²) in [6, 6.07) is 7.11. The van der Waals surface area contributed by atoms with Crippen molar-refractivity contribution >= 4 is 40.5 Å². The molecule has 0 fully saturated rings. The number of rotatable bonds is 6. The molecule has 0 saturated heterocycles. The SMILES string of the molecule is Cn1c(=O)[nH]c(=O)c2c1nc(SCCC(=O)[O-])n2Cc1ccc(Cl)cc1. The van der Waals surface area contributed by atoms with Crippen molar-refractivity contribution in [1.29, 1.82) is 0 Å². The molecule has 0 atom stereocenters. The van der Waals surface area contributed by atoms with Gasteiger partial charge in [0.05, 0.1) is 6.54 Å². The highest BCUT2D eigenvalue weighted by Crippen LogP contribution is 2.23. The number of fused-ring (bicyclic) bond motifs is 1. The van der Waals surface area contributed by atoms with Gasteiger partial charge in [0.2, 0.25) is 0 Å². The molecule has 1 aromatic carbocycles. The predicted octanol–water partition coefficient (Wildman–Crippen LogP) is 0.357. The zero-order valence-corrected chi connectivity index (χ0v) is 15.3. The van der Waals surface area contributed by atoms with E-state index in [1.165, 1.54) is 23.4 Å². The van der Waals surface area contributed by atoms with Gasteiger partial charge in [0, 0.05) is 23.8 Å². The summed E-state index contributed by atoms with van der Waals surface area (Å²) in [6.45, 7) is 0.322. The van der Waals surface area contributed by atoms with Crippen LogP contribution in [0, 0.1) is 0 Å². The summed E-state index contributed by atoms with van der Waals surface area (Å²) in [6.07, 6.45) is -0.149. The number of hydrogen-bond acceptors (Lipinski definition) is 6. The van der Waals surface area contributed by atoms with E-state index in [4.69, 9.17) is 11.6 Å². The lowest BCUT2D eigenvalue weighted by atomic mass is 10.2. The molecular formula is C16H14ClN4O4S-. The number of aliphatic carboxylic acids is 1. The molecule has 0 aliphatic heterocycles. The molecule has 0 amide bonds. The second-order valence-electron chi connectivity index (χ2n) is 5.57. The molecular weight excluding hydrogens is 380 g/mol. The van der Waals surface area contributed by atoms with Crippen molar-refractivity contribution in [2.45, 2.75) is 18.1 Å². The summed E-state index contributed by atoms with van der Waals surface area (Å²) in [7, 11) is 1.51. The quantitative estimate of drug-likeness (QED) is 0.605. The first-order valence-corrected chi connectivity index (χ1v) is 9.00. The molecule has 0 saturated carbocycles. The number of carboxylic acid groups (broad SMARTS) is 1. The fraction of sp³-hybridized carbons (Fsp3) is 0.250. The van der Waals surface area contributed by atoms with Gasteiger partial charge in [-0.1, -0.05) is 35.5 Å². The van der Waals surface area contributed by atoms with Crippen molar-refractivity contribution in [1.82, 2.24) is 19.1 Å². The van der Waals surface area contributed by atoms with E-state index in [1.54, 1.807) is 16.7 Å². The van der Waals surface area contributed by atoms with Gasteiger partial charge in [-0.25, -0.2) is 9.78 Å². The van der Waals surface area contributed by atoms with Crippen LogP contribution in [-0.2, 0) is 18.4 Å². The summed E-state index contributed by atoms with van der Waals surface area (Å²) in [5.74, 6) is -0.930. The molecule has 0 bridgehead atoms. The van der Waals surface area contributed by atoms with Crippen LogP contribution in [0.15, 0.2) is 39.0 Å². The number of hydrogen-bond donors (Lipinski definition) is 1. The maximum absolute atomic E-state index is 12.3. The third-order valence-corrected chi connectivity index (χ3v) is 4.99. The van der Waals surface area contributed by atoms with E-state index in [9.17, 15) is 19.5 Å². The molecule has 0 spiro atoms. The van der Waals surface area contributed by atoms with Crippen LogP contribution in [0.4, 0.5) is 0 Å². The van der Waals surface area contributed by atoms with E-state index in [2.05, 4.69) is 9.97 Å². The van der Waals surface area contributed by atoms with Crippen LogP contribution in [0.5, 0.6) is 0 Å². The van der Waals surface area contributed by atoms with Crippen molar-refractivity contribution < 1.29 is 9.90 Å². The molecule has 0 radical (unpaired) electrons. The number of aromatic amines is 1. The second-order valence-corrected chi connectivity index (χ2v) is 7.07. The Morgan fingerprint density at radius 3 is 2.65 bits per heavy atom. The van der Waals surface area contributed by atoms with E-state index < -0.39 is 17.2 Å². The fourth-order valence-electron chi connectivity index (χ4n) is 2.47.